The predicted octanol–water partition coefficient (Wildman–Crippen LogP) is 1.70. The van der Waals surface area contributed by atoms with E-state index in [4.69, 9.17) is 4.74 Å². The molecule has 0 spiro atoms. The number of likely N-dealkylation sites (N-methyl/N-ethyl adjacent to an activating group) is 1. The second-order valence-electron chi connectivity index (χ2n) is 2.89. The van der Waals surface area contributed by atoms with Gasteiger partial charge < -0.3 is 9.64 Å². The molecule has 0 fully saturated rings. The van der Waals surface area contributed by atoms with Gasteiger partial charge >= 0.3 is 0 Å². The Bertz CT molecular complexity index is 275. The maximum atomic E-state index is 11.1. The van der Waals surface area contributed by atoms with E-state index in [1.807, 2.05) is 30.3 Å². The van der Waals surface area contributed by atoms with Crippen molar-refractivity contribution in [3.8, 4) is 5.75 Å². The standard InChI is InChI=1S/C10H13NO2.CH4S/c1-11(2)10(12)8-13-9-6-4-3-5-7-9;1-2/h3-7H,8H2,1-2H3;2H,1H3. The number of para-hydroxylation sites is 1. The first kappa shape index (κ1) is 13.8. The minimum absolute atomic E-state index is 0.0381. The Morgan fingerprint density at radius 3 is 2.27 bits per heavy atom. The van der Waals surface area contributed by atoms with Crippen molar-refractivity contribution in [3.05, 3.63) is 30.3 Å². The van der Waals surface area contributed by atoms with Crippen LogP contribution in [-0.2, 0) is 4.79 Å². The zero-order valence-electron chi connectivity index (χ0n) is 9.30. The molecular weight excluding hydrogens is 210 g/mol. The molecule has 3 nitrogen and oxygen atoms in total. The van der Waals surface area contributed by atoms with E-state index < -0.39 is 0 Å². The first-order chi connectivity index (χ1) is 7.20. The van der Waals surface area contributed by atoms with Gasteiger partial charge in [-0.05, 0) is 18.4 Å². The first-order valence-electron chi connectivity index (χ1n) is 4.53. The van der Waals surface area contributed by atoms with E-state index in [1.165, 1.54) is 4.90 Å². The Balaban J connectivity index is 0.000000921. The highest BCUT2D eigenvalue weighted by atomic mass is 32.1. The number of hydrogen-bond acceptors (Lipinski definition) is 3. The highest BCUT2D eigenvalue weighted by molar-refractivity contribution is 7.79. The van der Waals surface area contributed by atoms with Crippen molar-refractivity contribution in [1.29, 1.82) is 0 Å². The summed E-state index contributed by atoms with van der Waals surface area (Å²) in [5.74, 6) is 0.682. The number of nitrogens with zero attached hydrogens (tertiary/aromatic N) is 1. The average Bonchev–Trinajstić information content (AvgIpc) is 2.30. The molecule has 84 valence electrons. The maximum absolute atomic E-state index is 11.1. The average molecular weight is 227 g/mol. The monoisotopic (exact) mass is 227 g/mol. The highest BCUT2D eigenvalue weighted by Crippen LogP contribution is 2.07. The second kappa shape index (κ2) is 8.17. The van der Waals surface area contributed by atoms with Gasteiger partial charge in [0.25, 0.3) is 5.91 Å². The fourth-order valence-corrected chi connectivity index (χ4v) is 0.791. The van der Waals surface area contributed by atoms with Crippen molar-refractivity contribution in [2.45, 2.75) is 0 Å². The SMILES string of the molecule is CN(C)C(=O)COc1ccccc1.CS. The number of carbonyl (C=O) groups excluding carboxylic acids is 1. The molecule has 1 aromatic carbocycles. The summed E-state index contributed by atoms with van der Waals surface area (Å²) in [6.45, 7) is 0.0943. The third kappa shape index (κ3) is 6.01. The van der Waals surface area contributed by atoms with Crippen LogP contribution in [0.2, 0.25) is 0 Å². The van der Waals surface area contributed by atoms with E-state index in [-0.39, 0.29) is 12.5 Å². The lowest BCUT2D eigenvalue weighted by atomic mass is 10.3. The number of thiol groups is 1. The number of hydrogen-bond donors (Lipinski definition) is 1. The zero-order chi connectivity index (χ0) is 11.7. The summed E-state index contributed by atoms with van der Waals surface area (Å²) in [6, 6.07) is 9.29. The van der Waals surface area contributed by atoms with E-state index in [0.717, 1.165) is 5.75 Å². The van der Waals surface area contributed by atoms with Crippen LogP contribution in [0.1, 0.15) is 0 Å². The van der Waals surface area contributed by atoms with E-state index in [1.54, 1.807) is 20.4 Å². The van der Waals surface area contributed by atoms with Crippen LogP contribution in [0.25, 0.3) is 0 Å². The smallest absolute Gasteiger partial charge is 0.259 e. The van der Waals surface area contributed by atoms with Gasteiger partial charge in [0.1, 0.15) is 5.75 Å². The lowest BCUT2D eigenvalue weighted by molar-refractivity contribution is -0.130. The van der Waals surface area contributed by atoms with Crippen molar-refractivity contribution in [2.75, 3.05) is 27.0 Å². The van der Waals surface area contributed by atoms with Crippen molar-refractivity contribution < 1.29 is 9.53 Å². The van der Waals surface area contributed by atoms with Gasteiger partial charge in [-0.15, -0.1) is 0 Å². The molecule has 15 heavy (non-hydrogen) atoms. The molecular formula is C11H17NO2S. The maximum Gasteiger partial charge on any atom is 0.259 e. The van der Waals surface area contributed by atoms with Crippen LogP contribution in [0.3, 0.4) is 0 Å². The van der Waals surface area contributed by atoms with E-state index in [9.17, 15) is 4.79 Å². The summed E-state index contributed by atoms with van der Waals surface area (Å²) in [5, 5.41) is 0. The fourth-order valence-electron chi connectivity index (χ4n) is 0.791. The molecule has 1 amide bonds. The normalized spacial score (nSPS) is 8.53. The molecule has 1 aromatic rings. The van der Waals surface area contributed by atoms with Crippen LogP contribution in [0.5, 0.6) is 5.75 Å². The molecule has 0 unspecified atom stereocenters. The Morgan fingerprint density at radius 1 is 1.27 bits per heavy atom. The van der Waals surface area contributed by atoms with Gasteiger partial charge in [0.15, 0.2) is 6.61 Å². The number of amides is 1. The molecule has 0 radical (unpaired) electrons. The molecule has 0 N–H and O–H groups in total. The number of benzene rings is 1. The minimum atomic E-state index is -0.0381. The second-order valence-corrected chi connectivity index (χ2v) is 2.89. The number of ether oxygens (including phenoxy) is 1. The molecule has 0 saturated carbocycles. The van der Waals surface area contributed by atoms with Gasteiger partial charge in [0.05, 0.1) is 0 Å². The molecule has 0 aliphatic heterocycles. The summed E-state index contributed by atoms with van der Waals surface area (Å²) < 4.78 is 5.24. The van der Waals surface area contributed by atoms with E-state index >= 15 is 0 Å². The van der Waals surface area contributed by atoms with Crippen LogP contribution in [0.15, 0.2) is 30.3 Å². The molecule has 0 atom stereocenters. The Hall–Kier alpha value is -1.16. The summed E-state index contributed by atoms with van der Waals surface area (Å²) in [4.78, 5) is 12.6. The molecule has 0 saturated heterocycles. The molecule has 0 aliphatic carbocycles. The molecule has 0 heterocycles. The van der Waals surface area contributed by atoms with E-state index in [0.29, 0.717) is 0 Å². The van der Waals surface area contributed by atoms with Crippen molar-refractivity contribution in [1.82, 2.24) is 4.90 Å². The van der Waals surface area contributed by atoms with Crippen LogP contribution in [-0.4, -0.2) is 37.8 Å². The van der Waals surface area contributed by atoms with Gasteiger partial charge in [0.2, 0.25) is 0 Å². The predicted molar refractivity (Wildman–Crippen MR) is 65.5 cm³/mol. The first-order valence-corrected chi connectivity index (χ1v) is 5.42. The Labute approximate surface area is 96.5 Å². The van der Waals surface area contributed by atoms with Gasteiger partial charge in [-0.25, -0.2) is 0 Å². The van der Waals surface area contributed by atoms with Crippen molar-refractivity contribution >= 4 is 18.5 Å². The van der Waals surface area contributed by atoms with Crippen molar-refractivity contribution in [2.24, 2.45) is 0 Å². The topological polar surface area (TPSA) is 29.5 Å². The number of carbonyl (C=O) groups is 1. The van der Waals surface area contributed by atoms with Gasteiger partial charge in [-0.2, -0.15) is 12.6 Å². The van der Waals surface area contributed by atoms with Gasteiger partial charge in [-0.3, -0.25) is 4.79 Å². The highest BCUT2D eigenvalue weighted by Gasteiger charge is 2.03. The Kier molecular flexibility index (Phi) is 7.54. The summed E-state index contributed by atoms with van der Waals surface area (Å²) in [7, 11) is 3.41. The Morgan fingerprint density at radius 2 is 1.80 bits per heavy atom. The molecule has 0 aromatic heterocycles. The lowest BCUT2D eigenvalue weighted by Gasteiger charge is -2.10. The van der Waals surface area contributed by atoms with Gasteiger partial charge in [0, 0.05) is 14.1 Å². The van der Waals surface area contributed by atoms with E-state index in [2.05, 4.69) is 12.6 Å². The van der Waals surface area contributed by atoms with Crippen molar-refractivity contribution in [3.63, 3.8) is 0 Å². The van der Waals surface area contributed by atoms with Crippen LogP contribution in [0, 0.1) is 0 Å². The fraction of sp³-hybridized carbons (Fsp3) is 0.364. The molecule has 0 bridgehead atoms. The summed E-state index contributed by atoms with van der Waals surface area (Å²) >= 11 is 3.53. The quantitative estimate of drug-likeness (QED) is 0.796. The molecule has 1 rings (SSSR count). The summed E-state index contributed by atoms with van der Waals surface area (Å²) in [5.41, 5.74) is 0. The van der Waals surface area contributed by atoms with Crippen LogP contribution >= 0.6 is 12.6 Å². The summed E-state index contributed by atoms with van der Waals surface area (Å²) in [6.07, 6.45) is 1.69. The largest absolute Gasteiger partial charge is 0.484 e. The third-order valence-corrected chi connectivity index (χ3v) is 1.60. The number of rotatable bonds is 3. The van der Waals surface area contributed by atoms with Gasteiger partial charge in [-0.1, -0.05) is 18.2 Å². The third-order valence-electron chi connectivity index (χ3n) is 1.60. The molecule has 0 aliphatic rings. The minimum Gasteiger partial charge on any atom is -0.484 e. The zero-order valence-corrected chi connectivity index (χ0v) is 10.2. The van der Waals surface area contributed by atoms with Crippen LogP contribution < -0.4 is 4.74 Å². The molecule has 4 heteroatoms. The lowest BCUT2D eigenvalue weighted by Crippen LogP contribution is -2.27. The van der Waals surface area contributed by atoms with Crippen LogP contribution in [0.4, 0.5) is 0 Å².